The highest BCUT2D eigenvalue weighted by atomic mass is 16.5. The maximum absolute atomic E-state index is 5.30. The Morgan fingerprint density at radius 2 is 1.96 bits per heavy atom. The fraction of sp³-hybridized carbons (Fsp3) is 0.250. The van der Waals surface area contributed by atoms with Gasteiger partial charge in [-0.15, -0.1) is 0 Å². The van der Waals surface area contributed by atoms with Gasteiger partial charge in [0.25, 0.3) is 0 Å². The number of aromatic amines is 1. The van der Waals surface area contributed by atoms with Gasteiger partial charge in [-0.1, -0.05) is 42.5 Å². The summed E-state index contributed by atoms with van der Waals surface area (Å²) in [5.74, 6) is 1.87. The Balaban J connectivity index is 1.64. The summed E-state index contributed by atoms with van der Waals surface area (Å²) in [5, 5.41) is 3.51. The van der Waals surface area contributed by atoms with Gasteiger partial charge >= 0.3 is 0 Å². The van der Waals surface area contributed by atoms with Crippen LogP contribution in [0.15, 0.2) is 54.7 Å². The van der Waals surface area contributed by atoms with Crippen molar-refractivity contribution in [1.82, 2.24) is 15.3 Å². The van der Waals surface area contributed by atoms with Gasteiger partial charge in [-0.2, -0.15) is 0 Å². The summed E-state index contributed by atoms with van der Waals surface area (Å²) < 4.78 is 5.30. The van der Waals surface area contributed by atoms with E-state index in [-0.39, 0.29) is 6.04 Å². The van der Waals surface area contributed by atoms with Gasteiger partial charge in [0.05, 0.1) is 25.0 Å². The molecule has 0 saturated carbocycles. The van der Waals surface area contributed by atoms with Gasteiger partial charge in [-0.25, -0.2) is 4.98 Å². The summed E-state index contributed by atoms with van der Waals surface area (Å²) in [7, 11) is 1.70. The fourth-order valence-corrected chi connectivity index (χ4v) is 2.74. The number of hydrogen-bond acceptors (Lipinski definition) is 3. The van der Waals surface area contributed by atoms with Crippen LogP contribution in [0, 0.1) is 6.92 Å². The standard InChI is InChI=1S/C20H23N3O/c1-14-11-16(9-10-19(14)24-3)12-21-15(2)20-22-13-18(23-20)17-7-5-4-6-8-17/h4-11,13,15,21H,12H2,1-3H3,(H,22,23)/t15-/m0/s1. The number of rotatable bonds is 6. The zero-order valence-corrected chi connectivity index (χ0v) is 14.3. The highest BCUT2D eigenvalue weighted by molar-refractivity contribution is 5.58. The molecule has 2 aromatic carbocycles. The van der Waals surface area contributed by atoms with Gasteiger partial charge in [0.2, 0.25) is 0 Å². The first-order valence-corrected chi connectivity index (χ1v) is 8.14. The van der Waals surface area contributed by atoms with Crippen molar-refractivity contribution in [2.75, 3.05) is 7.11 Å². The lowest BCUT2D eigenvalue weighted by molar-refractivity contribution is 0.411. The van der Waals surface area contributed by atoms with E-state index in [4.69, 9.17) is 4.74 Å². The van der Waals surface area contributed by atoms with E-state index in [2.05, 4.69) is 53.4 Å². The van der Waals surface area contributed by atoms with Crippen molar-refractivity contribution in [3.8, 4) is 17.0 Å². The molecule has 0 unspecified atom stereocenters. The molecular formula is C20H23N3O. The molecule has 4 nitrogen and oxygen atoms in total. The van der Waals surface area contributed by atoms with Crippen LogP contribution in [0.5, 0.6) is 5.75 Å². The first-order valence-electron chi connectivity index (χ1n) is 8.14. The lowest BCUT2D eigenvalue weighted by atomic mass is 10.1. The molecule has 0 bridgehead atoms. The van der Waals surface area contributed by atoms with E-state index < -0.39 is 0 Å². The number of nitrogens with zero attached hydrogens (tertiary/aromatic N) is 1. The van der Waals surface area contributed by atoms with Crippen LogP contribution in [0.3, 0.4) is 0 Å². The number of benzene rings is 2. The number of nitrogens with one attached hydrogen (secondary N) is 2. The zero-order chi connectivity index (χ0) is 16.9. The monoisotopic (exact) mass is 321 g/mol. The van der Waals surface area contributed by atoms with Crippen LogP contribution in [-0.4, -0.2) is 17.1 Å². The van der Waals surface area contributed by atoms with Crippen molar-refractivity contribution in [1.29, 1.82) is 0 Å². The molecule has 4 heteroatoms. The molecule has 24 heavy (non-hydrogen) atoms. The van der Waals surface area contributed by atoms with E-state index in [1.807, 2.05) is 30.5 Å². The minimum absolute atomic E-state index is 0.143. The van der Waals surface area contributed by atoms with Crippen LogP contribution < -0.4 is 10.1 Å². The molecular weight excluding hydrogens is 298 g/mol. The molecule has 0 amide bonds. The maximum atomic E-state index is 5.30. The smallest absolute Gasteiger partial charge is 0.123 e. The lowest BCUT2D eigenvalue weighted by Gasteiger charge is -2.13. The second kappa shape index (κ2) is 7.32. The lowest BCUT2D eigenvalue weighted by Crippen LogP contribution is -2.19. The second-order valence-corrected chi connectivity index (χ2v) is 5.95. The Bertz CT molecular complexity index is 796. The minimum atomic E-state index is 0.143. The number of hydrogen-bond donors (Lipinski definition) is 2. The molecule has 0 aliphatic heterocycles. The topological polar surface area (TPSA) is 49.9 Å². The Morgan fingerprint density at radius 1 is 1.17 bits per heavy atom. The van der Waals surface area contributed by atoms with Gasteiger partial charge in [-0.3, -0.25) is 0 Å². The second-order valence-electron chi connectivity index (χ2n) is 5.95. The molecule has 1 atom stereocenters. The van der Waals surface area contributed by atoms with Crippen molar-refractivity contribution >= 4 is 0 Å². The van der Waals surface area contributed by atoms with Gasteiger partial charge in [0, 0.05) is 6.54 Å². The Hall–Kier alpha value is -2.59. The Kier molecular flexibility index (Phi) is 4.96. The van der Waals surface area contributed by atoms with Crippen molar-refractivity contribution in [2.24, 2.45) is 0 Å². The molecule has 0 saturated heterocycles. The molecule has 1 aromatic heterocycles. The van der Waals surface area contributed by atoms with E-state index in [0.717, 1.165) is 34.9 Å². The summed E-state index contributed by atoms with van der Waals surface area (Å²) in [5.41, 5.74) is 4.57. The van der Waals surface area contributed by atoms with Crippen LogP contribution in [0.1, 0.15) is 29.9 Å². The predicted octanol–water partition coefficient (Wildman–Crippen LogP) is 4.24. The molecule has 1 heterocycles. The minimum Gasteiger partial charge on any atom is -0.496 e. The highest BCUT2D eigenvalue weighted by Gasteiger charge is 2.10. The van der Waals surface area contributed by atoms with Gasteiger partial charge in [0.1, 0.15) is 11.6 Å². The number of aromatic nitrogens is 2. The van der Waals surface area contributed by atoms with E-state index in [0.29, 0.717) is 0 Å². The van der Waals surface area contributed by atoms with E-state index in [9.17, 15) is 0 Å². The van der Waals surface area contributed by atoms with Crippen molar-refractivity contribution in [3.63, 3.8) is 0 Å². The number of methoxy groups -OCH3 is 1. The van der Waals surface area contributed by atoms with Crippen molar-refractivity contribution < 1.29 is 4.74 Å². The zero-order valence-electron chi connectivity index (χ0n) is 14.3. The van der Waals surface area contributed by atoms with Gasteiger partial charge < -0.3 is 15.0 Å². The molecule has 0 aliphatic carbocycles. The van der Waals surface area contributed by atoms with E-state index in [1.54, 1.807) is 7.11 Å². The normalized spacial score (nSPS) is 12.1. The maximum Gasteiger partial charge on any atom is 0.123 e. The van der Waals surface area contributed by atoms with Crippen LogP contribution >= 0.6 is 0 Å². The first-order chi connectivity index (χ1) is 11.7. The molecule has 2 N–H and O–H groups in total. The largest absolute Gasteiger partial charge is 0.496 e. The molecule has 3 rings (SSSR count). The number of ether oxygens (including phenoxy) is 1. The molecule has 0 fully saturated rings. The predicted molar refractivity (Wildman–Crippen MR) is 97.0 cm³/mol. The fourth-order valence-electron chi connectivity index (χ4n) is 2.74. The van der Waals surface area contributed by atoms with E-state index in [1.165, 1.54) is 5.56 Å². The third kappa shape index (κ3) is 3.66. The number of H-pyrrole nitrogens is 1. The molecule has 0 radical (unpaired) electrons. The molecule has 0 aliphatic rings. The van der Waals surface area contributed by atoms with Crippen LogP contribution in [0.4, 0.5) is 0 Å². The molecule has 124 valence electrons. The van der Waals surface area contributed by atoms with Gasteiger partial charge in [-0.05, 0) is 36.6 Å². The number of aryl methyl sites for hydroxylation is 1. The third-order valence-corrected chi connectivity index (χ3v) is 4.16. The first kappa shape index (κ1) is 16.3. The van der Waals surface area contributed by atoms with Crippen molar-refractivity contribution in [2.45, 2.75) is 26.4 Å². The van der Waals surface area contributed by atoms with Crippen LogP contribution in [0.25, 0.3) is 11.3 Å². The SMILES string of the molecule is COc1ccc(CN[C@@H](C)c2ncc(-c3ccccc3)[nH]2)cc1C. The average molecular weight is 321 g/mol. The summed E-state index contributed by atoms with van der Waals surface area (Å²) in [6, 6.07) is 16.6. The van der Waals surface area contributed by atoms with Crippen LogP contribution in [-0.2, 0) is 6.54 Å². The summed E-state index contributed by atoms with van der Waals surface area (Å²) in [4.78, 5) is 7.91. The average Bonchev–Trinajstić information content (AvgIpc) is 3.11. The van der Waals surface area contributed by atoms with E-state index >= 15 is 0 Å². The summed E-state index contributed by atoms with van der Waals surface area (Å²) in [6.07, 6.45) is 1.89. The quantitative estimate of drug-likeness (QED) is 0.714. The molecule has 0 spiro atoms. The summed E-state index contributed by atoms with van der Waals surface area (Å²) in [6.45, 7) is 4.96. The Labute approximate surface area is 142 Å². The van der Waals surface area contributed by atoms with Crippen LogP contribution in [0.2, 0.25) is 0 Å². The number of imidazole rings is 1. The highest BCUT2D eigenvalue weighted by Crippen LogP contribution is 2.20. The Morgan fingerprint density at radius 3 is 2.67 bits per heavy atom. The van der Waals surface area contributed by atoms with Gasteiger partial charge in [0.15, 0.2) is 0 Å². The summed E-state index contributed by atoms with van der Waals surface area (Å²) >= 11 is 0. The third-order valence-electron chi connectivity index (χ3n) is 4.16. The molecule has 3 aromatic rings. The van der Waals surface area contributed by atoms with Crippen molar-refractivity contribution in [3.05, 3.63) is 71.7 Å².